The third-order valence-corrected chi connectivity index (χ3v) is 5.47. The second-order valence-corrected chi connectivity index (χ2v) is 8.00. The van der Waals surface area contributed by atoms with Gasteiger partial charge in [-0.05, 0) is 42.7 Å². The highest BCUT2D eigenvalue weighted by atomic mass is 16.6. The Labute approximate surface area is 208 Å². The van der Waals surface area contributed by atoms with E-state index in [2.05, 4.69) is 0 Å². The van der Waals surface area contributed by atoms with Gasteiger partial charge in [0.15, 0.2) is 11.5 Å². The summed E-state index contributed by atoms with van der Waals surface area (Å²) in [5.74, 6) is 0.713. The van der Waals surface area contributed by atoms with Crippen molar-refractivity contribution in [3.8, 4) is 28.4 Å². The summed E-state index contributed by atoms with van der Waals surface area (Å²) in [7, 11) is 0. The molecule has 0 fully saturated rings. The molecule has 0 spiro atoms. The van der Waals surface area contributed by atoms with E-state index in [1.807, 2.05) is 12.2 Å². The predicted molar refractivity (Wildman–Crippen MR) is 129 cm³/mol. The van der Waals surface area contributed by atoms with Crippen LogP contribution in [0.4, 0.5) is 0 Å². The van der Waals surface area contributed by atoms with E-state index in [1.165, 1.54) is 0 Å². The third kappa shape index (κ3) is 6.54. The van der Waals surface area contributed by atoms with E-state index in [0.29, 0.717) is 83.4 Å². The Morgan fingerprint density at radius 2 is 1.78 bits per heavy atom. The van der Waals surface area contributed by atoms with Crippen molar-refractivity contribution in [2.24, 2.45) is 0 Å². The largest absolute Gasteiger partial charge is 0.546 e. The Morgan fingerprint density at radius 3 is 2.42 bits per heavy atom. The number of carbonyl (C=O) groups is 1. The number of carboxylic acid groups (broad SMARTS) is 1. The number of aliphatic carboxylic acids is 1. The molecule has 0 bridgehead atoms. The van der Waals surface area contributed by atoms with Crippen molar-refractivity contribution in [1.29, 1.82) is 0 Å². The zero-order chi connectivity index (χ0) is 26.1. The van der Waals surface area contributed by atoms with Gasteiger partial charge in [-0.3, -0.25) is 4.79 Å². The number of ether oxygens (including phenoxy) is 3. The van der Waals surface area contributed by atoms with E-state index in [4.69, 9.17) is 28.8 Å². The van der Waals surface area contributed by atoms with Gasteiger partial charge in [0.05, 0.1) is 43.2 Å². The molecule has 3 aromatic rings. The number of nitrogens with two attached hydrogens (primary N) is 1. The number of quaternary nitrogens is 1. The lowest BCUT2D eigenvalue weighted by molar-refractivity contribution is -0.657. The molecule has 0 amide bonds. The summed E-state index contributed by atoms with van der Waals surface area (Å²) in [6, 6.07) is 8.60. The highest BCUT2D eigenvalue weighted by Gasteiger charge is 2.19. The number of fused-ring (bicyclic) bond motifs is 2. The van der Waals surface area contributed by atoms with Crippen LogP contribution in [0.2, 0.25) is 0 Å². The first-order valence-corrected chi connectivity index (χ1v) is 11.8. The van der Waals surface area contributed by atoms with Crippen LogP contribution in [0, 0.1) is 6.92 Å². The Bertz CT molecular complexity index is 1250. The fourth-order valence-corrected chi connectivity index (χ4v) is 3.79. The van der Waals surface area contributed by atoms with E-state index in [1.54, 1.807) is 37.3 Å². The van der Waals surface area contributed by atoms with Crippen LogP contribution in [0.25, 0.3) is 22.1 Å². The SMILES string of the molecule is CCc1cc2c(=O)c(-c3ccc4c(c3)OCCO4)c(C)oc2cc1OCC(=O)[O-].OCC[NH2+]CCO. The topological polar surface area (TPSA) is 155 Å². The van der Waals surface area contributed by atoms with Gasteiger partial charge in [-0.2, -0.15) is 0 Å². The number of rotatable bonds is 9. The van der Waals surface area contributed by atoms with Gasteiger partial charge >= 0.3 is 0 Å². The molecule has 2 aromatic carbocycles. The summed E-state index contributed by atoms with van der Waals surface area (Å²) in [4.78, 5) is 24.0. The Balaban J connectivity index is 0.000000454. The number of aliphatic hydroxyl groups excluding tert-OH is 2. The number of carboxylic acids is 1. The van der Waals surface area contributed by atoms with Crippen molar-refractivity contribution in [3.05, 3.63) is 51.9 Å². The van der Waals surface area contributed by atoms with Crippen molar-refractivity contribution in [3.63, 3.8) is 0 Å². The first-order valence-electron chi connectivity index (χ1n) is 11.8. The van der Waals surface area contributed by atoms with Crippen LogP contribution in [0.3, 0.4) is 0 Å². The van der Waals surface area contributed by atoms with Crippen molar-refractivity contribution >= 4 is 16.9 Å². The van der Waals surface area contributed by atoms with E-state index in [0.717, 1.165) is 0 Å². The minimum Gasteiger partial charge on any atom is -0.546 e. The van der Waals surface area contributed by atoms with Crippen LogP contribution in [0.5, 0.6) is 17.2 Å². The van der Waals surface area contributed by atoms with Gasteiger partial charge in [-0.1, -0.05) is 13.0 Å². The van der Waals surface area contributed by atoms with Crippen LogP contribution < -0.4 is 30.1 Å². The van der Waals surface area contributed by atoms with Crippen molar-refractivity contribution in [1.82, 2.24) is 0 Å². The Kier molecular flexibility index (Phi) is 9.69. The molecule has 1 aliphatic heterocycles. The number of carbonyl (C=O) groups excluding carboxylic acids is 1. The Hall–Kier alpha value is -3.60. The van der Waals surface area contributed by atoms with Gasteiger partial charge in [-0.15, -0.1) is 0 Å². The predicted octanol–water partition coefficient (Wildman–Crippen LogP) is -0.235. The molecule has 1 aliphatic rings. The van der Waals surface area contributed by atoms with Crippen molar-refractivity contribution in [2.45, 2.75) is 20.3 Å². The zero-order valence-corrected chi connectivity index (χ0v) is 20.4. The number of aryl methyl sites for hydroxylation is 2. The average Bonchev–Trinajstić information content (AvgIpc) is 2.87. The summed E-state index contributed by atoms with van der Waals surface area (Å²) in [6.07, 6.45) is 0.561. The van der Waals surface area contributed by atoms with Gasteiger partial charge < -0.3 is 44.1 Å². The van der Waals surface area contributed by atoms with Gasteiger partial charge in [-0.25, -0.2) is 0 Å². The number of aliphatic hydroxyl groups is 2. The van der Waals surface area contributed by atoms with Crippen LogP contribution in [-0.2, 0) is 11.2 Å². The maximum absolute atomic E-state index is 13.3. The summed E-state index contributed by atoms with van der Waals surface area (Å²) in [5.41, 5.74) is 1.99. The molecule has 0 atom stereocenters. The minimum absolute atomic E-state index is 0.179. The second-order valence-electron chi connectivity index (χ2n) is 8.00. The zero-order valence-electron chi connectivity index (χ0n) is 20.4. The van der Waals surface area contributed by atoms with Crippen molar-refractivity contribution < 1.29 is 44.1 Å². The van der Waals surface area contributed by atoms with Crippen molar-refractivity contribution in [2.75, 3.05) is 46.1 Å². The Morgan fingerprint density at radius 1 is 1.08 bits per heavy atom. The molecule has 0 radical (unpaired) electrons. The van der Waals surface area contributed by atoms with Gasteiger partial charge in [0.2, 0.25) is 5.43 Å². The highest BCUT2D eigenvalue weighted by Crippen LogP contribution is 2.36. The maximum atomic E-state index is 13.3. The molecule has 0 saturated heterocycles. The lowest BCUT2D eigenvalue weighted by atomic mass is 10.00. The molecule has 0 saturated carbocycles. The van der Waals surface area contributed by atoms with Crippen LogP contribution in [0.1, 0.15) is 18.2 Å². The fourth-order valence-electron chi connectivity index (χ4n) is 3.79. The fraction of sp³-hybridized carbons (Fsp3) is 0.385. The maximum Gasteiger partial charge on any atom is 0.200 e. The smallest absolute Gasteiger partial charge is 0.200 e. The standard InChI is InChI=1S/C22H20O7.C4H11NO2/c1-3-13-8-15-18(10-17(13)28-11-20(23)24)29-12(2)21(22(15)25)14-4-5-16-19(9-14)27-7-6-26-16;6-3-1-5-2-4-7/h4-5,8-10H,3,6-7,11H2,1-2H3,(H,23,24);5-7H,1-4H2. The minimum atomic E-state index is -1.32. The molecule has 10 heteroatoms. The van der Waals surface area contributed by atoms with E-state index in [9.17, 15) is 14.7 Å². The molecule has 1 aromatic heterocycles. The van der Waals surface area contributed by atoms with Crippen LogP contribution >= 0.6 is 0 Å². The average molecular weight is 502 g/mol. The monoisotopic (exact) mass is 501 g/mol. The molecule has 0 aliphatic carbocycles. The van der Waals surface area contributed by atoms with E-state index in [-0.39, 0.29) is 18.6 Å². The van der Waals surface area contributed by atoms with Gasteiger partial charge in [0, 0.05) is 6.07 Å². The van der Waals surface area contributed by atoms with Crippen LogP contribution in [0.15, 0.2) is 39.5 Å². The molecule has 36 heavy (non-hydrogen) atoms. The first-order chi connectivity index (χ1) is 17.4. The summed E-state index contributed by atoms with van der Waals surface area (Å²) < 4.78 is 22.4. The molecule has 194 valence electrons. The third-order valence-electron chi connectivity index (χ3n) is 5.47. The summed E-state index contributed by atoms with van der Waals surface area (Å²) >= 11 is 0. The molecular weight excluding hydrogens is 470 g/mol. The van der Waals surface area contributed by atoms with Gasteiger partial charge in [0.1, 0.15) is 36.9 Å². The molecule has 4 rings (SSSR count). The molecular formula is C26H31NO9. The summed E-state index contributed by atoms with van der Waals surface area (Å²) in [5, 5.41) is 29.3. The lowest BCUT2D eigenvalue weighted by Crippen LogP contribution is -2.85. The first kappa shape index (κ1) is 27.0. The summed E-state index contributed by atoms with van der Waals surface area (Å²) in [6.45, 7) is 5.76. The molecule has 4 N–H and O–H groups in total. The number of benzene rings is 2. The molecule has 10 nitrogen and oxygen atoms in total. The molecule has 2 heterocycles. The number of hydrogen-bond donors (Lipinski definition) is 3. The molecule has 0 unspecified atom stereocenters. The number of hydrogen-bond acceptors (Lipinski definition) is 9. The van der Waals surface area contributed by atoms with E-state index < -0.39 is 12.6 Å². The normalized spacial score (nSPS) is 12.1. The lowest BCUT2D eigenvalue weighted by Gasteiger charge is -2.19. The quantitative estimate of drug-likeness (QED) is 0.337. The highest BCUT2D eigenvalue weighted by molar-refractivity contribution is 5.85. The van der Waals surface area contributed by atoms with Gasteiger partial charge in [0.25, 0.3) is 0 Å². The van der Waals surface area contributed by atoms with Crippen LogP contribution in [-0.4, -0.2) is 62.3 Å². The second kappa shape index (κ2) is 12.9. The van der Waals surface area contributed by atoms with E-state index >= 15 is 0 Å².